The Hall–Kier alpha value is -2.98. The van der Waals surface area contributed by atoms with Crippen LogP contribution in [-0.4, -0.2) is 44.9 Å². The minimum Gasteiger partial charge on any atom is -0.490 e. The Labute approximate surface area is 192 Å². The molecule has 1 fully saturated rings. The van der Waals surface area contributed by atoms with Gasteiger partial charge in [-0.2, -0.15) is 13.1 Å². The summed E-state index contributed by atoms with van der Waals surface area (Å²) < 4.78 is 61.3. The molecule has 1 aliphatic rings. The van der Waals surface area contributed by atoms with E-state index in [1.807, 2.05) is 0 Å². The molecule has 1 saturated heterocycles. The van der Waals surface area contributed by atoms with Gasteiger partial charge in [-0.15, -0.1) is 0 Å². The van der Waals surface area contributed by atoms with Gasteiger partial charge in [0.05, 0.1) is 11.5 Å². The highest BCUT2D eigenvalue weighted by molar-refractivity contribution is 7.89. The van der Waals surface area contributed by atoms with Crippen LogP contribution in [0, 0.1) is 0 Å². The van der Waals surface area contributed by atoms with Crippen LogP contribution >= 0.6 is 0 Å². The van der Waals surface area contributed by atoms with Crippen LogP contribution in [0.3, 0.4) is 0 Å². The number of carbonyl (C=O) groups excluding carboxylic acids is 1. The standard InChI is InChI=1S/C23H26F2N2O5S/c1-2-31-21-15-17(7-11-20(21)32-23(24)25)8-12-22(28)26-16-18-5-9-19(10-6-18)33(29,30)27-13-3-4-14-27/h5-12,15,23H,2-4,13-14,16H2,1H3,(H,26,28)/b12-8+. The minimum atomic E-state index is -3.47. The van der Waals surface area contributed by atoms with Gasteiger partial charge in [0.2, 0.25) is 15.9 Å². The Morgan fingerprint density at radius 3 is 2.45 bits per heavy atom. The summed E-state index contributed by atoms with van der Waals surface area (Å²) in [5.74, 6) is -0.289. The smallest absolute Gasteiger partial charge is 0.387 e. The van der Waals surface area contributed by atoms with E-state index in [-0.39, 0.29) is 35.5 Å². The molecule has 0 aliphatic carbocycles. The van der Waals surface area contributed by atoms with Crippen molar-refractivity contribution >= 4 is 22.0 Å². The molecule has 0 atom stereocenters. The van der Waals surface area contributed by atoms with E-state index in [1.165, 1.54) is 34.7 Å². The number of hydrogen-bond acceptors (Lipinski definition) is 5. The maximum Gasteiger partial charge on any atom is 0.387 e. The molecule has 10 heteroatoms. The van der Waals surface area contributed by atoms with E-state index >= 15 is 0 Å². The van der Waals surface area contributed by atoms with Gasteiger partial charge in [0.25, 0.3) is 0 Å². The van der Waals surface area contributed by atoms with Crippen LogP contribution in [-0.2, 0) is 21.4 Å². The number of rotatable bonds is 10. The average Bonchev–Trinajstić information content (AvgIpc) is 3.34. The van der Waals surface area contributed by atoms with E-state index in [2.05, 4.69) is 10.1 Å². The van der Waals surface area contributed by atoms with Gasteiger partial charge in [-0.25, -0.2) is 8.42 Å². The predicted octanol–water partition coefficient (Wildman–Crippen LogP) is 3.80. The maximum absolute atomic E-state index is 12.6. The van der Waals surface area contributed by atoms with Crippen molar-refractivity contribution in [1.82, 2.24) is 9.62 Å². The van der Waals surface area contributed by atoms with Crippen LogP contribution in [0.15, 0.2) is 53.4 Å². The largest absolute Gasteiger partial charge is 0.490 e. The summed E-state index contributed by atoms with van der Waals surface area (Å²) >= 11 is 0. The van der Waals surface area contributed by atoms with Crippen LogP contribution in [0.5, 0.6) is 11.5 Å². The molecule has 0 bridgehead atoms. The molecule has 33 heavy (non-hydrogen) atoms. The first-order valence-corrected chi connectivity index (χ1v) is 12.0. The van der Waals surface area contributed by atoms with Gasteiger partial charge < -0.3 is 14.8 Å². The molecule has 3 rings (SSSR count). The molecule has 1 N–H and O–H groups in total. The molecule has 0 spiro atoms. The van der Waals surface area contributed by atoms with E-state index < -0.39 is 16.6 Å². The first-order valence-electron chi connectivity index (χ1n) is 10.6. The van der Waals surface area contributed by atoms with E-state index in [1.54, 1.807) is 31.2 Å². The predicted molar refractivity (Wildman–Crippen MR) is 120 cm³/mol. The summed E-state index contributed by atoms with van der Waals surface area (Å²) in [5, 5.41) is 2.72. The Morgan fingerprint density at radius 1 is 1.12 bits per heavy atom. The second-order valence-corrected chi connectivity index (χ2v) is 9.26. The molecule has 0 radical (unpaired) electrons. The fourth-order valence-corrected chi connectivity index (χ4v) is 4.88. The molecule has 178 valence electrons. The van der Waals surface area contributed by atoms with Crippen LogP contribution in [0.4, 0.5) is 8.78 Å². The van der Waals surface area contributed by atoms with Crippen molar-refractivity contribution in [1.29, 1.82) is 0 Å². The molecule has 2 aromatic carbocycles. The molecule has 0 saturated carbocycles. The Balaban J connectivity index is 1.57. The molecule has 1 heterocycles. The van der Waals surface area contributed by atoms with Crippen molar-refractivity contribution in [2.75, 3.05) is 19.7 Å². The lowest BCUT2D eigenvalue weighted by Gasteiger charge is -2.15. The quantitative estimate of drug-likeness (QED) is 0.523. The average molecular weight is 481 g/mol. The van der Waals surface area contributed by atoms with E-state index in [0.29, 0.717) is 18.7 Å². The number of benzene rings is 2. The Morgan fingerprint density at radius 2 is 1.82 bits per heavy atom. The Kier molecular flexibility index (Phi) is 8.40. The van der Waals surface area contributed by atoms with Crippen LogP contribution in [0.2, 0.25) is 0 Å². The lowest BCUT2D eigenvalue weighted by atomic mass is 10.2. The van der Waals surface area contributed by atoms with Crippen LogP contribution < -0.4 is 14.8 Å². The van der Waals surface area contributed by atoms with Gasteiger partial charge in [-0.3, -0.25) is 4.79 Å². The van der Waals surface area contributed by atoms with Crippen molar-refractivity contribution < 1.29 is 31.5 Å². The third-order valence-electron chi connectivity index (χ3n) is 5.00. The highest BCUT2D eigenvalue weighted by Crippen LogP contribution is 2.30. The summed E-state index contributed by atoms with van der Waals surface area (Å²) in [5.41, 5.74) is 1.33. The molecule has 0 unspecified atom stereocenters. The maximum atomic E-state index is 12.6. The monoisotopic (exact) mass is 480 g/mol. The summed E-state index contributed by atoms with van der Waals surface area (Å²) in [4.78, 5) is 12.4. The molecule has 0 aromatic heterocycles. The molecular weight excluding hydrogens is 454 g/mol. The summed E-state index contributed by atoms with van der Waals surface area (Å²) in [6, 6.07) is 10.8. The topological polar surface area (TPSA) is 84.9 Å². The lowest BCUT2D eigenvalue weighted by Crippen LogP contribution is -2.27. The number of hydrogen-bond donors (Lipinski definition) is 1. The lowest BCUT2D eigenvalue weighted by molar-refractivity contribution is -0.116. The van der Waals surface area contributed by atoms with Gasteiger partial charge in [0, 0.05) is 25.7 Å². The highest BCUT2D eigenvalue weighted by Gasteiger charge is 2.26. The fraction of sp³-hybridized carbons (Fsp3) is 0.348. The number of carbonyl (C=O) groups is 1. The number of sulfonamides is 1. The molecule has 7 nitrogen and oxygen atoms in total. The Bertz CT molecular complexity index is 1080. The highest BCUT2D eigenvalue weighted by atomic mass is 32.2. The second-order valence-electron chi connectivity index (χ2n) is 7.32. The number of nitrogens with zero attached hydrogens (tertiary/aromatic N) is 1. The zero-order valence-electron chi connectivity index (χ0n) is 18.2. The van der Waals surface area contributed by atoms with Gasteiger partial charge in [-0.1, -0.05) is 18.2 Å². The second kappa shape index (κ2) is 11.2. The minimum absolute atomic E-state index is 0.0800. The number of nitrogens with one attached hydrogen (secondary N) is 1. The van der Waals surface area contributed by atoms with Gasteiger partial charge in [0.1, 0.15) is 0 Å². The van der Waals surface area contributed by atoms with Gasteiger partial charge in [0.15, 0.2) is 11.5 Å². The van der Waals surface area contributed by atoms with Crippen molar-refractivity contribution in [2.45, 2.75) is 37.8 Å². The van der Waals surface area contributed by atoms with Crippen molar-refractivity contribution in [3.63, 3.8) is 0 Å². The van der Waals surface area contributed by atoms with Gasteiger partial charge in [-0.05, 0) is 61.2 Å². The molecule has 1 amide bonds. The summed E-state index contributed by atoms with van der Waals surface area (Å²) in [6.07, 6.45) is 4.58. The number of alkyl halides is 2. The molecule has 1 aliphatic heterocycles. The third-order valence-corrected chi connectivity index (χ3v) is 6.92. The van der Waals surface area contributed by atoms with Crippen molar-refractivity contribution in [3.05, 3.63) is 59.7 Å². The van der Waals surface area contributed by atoms with E-state index in [4.69, 9.17) is 4.74 Å². The molecular formula is C23H26F2N2O5S. The zero-order chi connectivity index (χ0) is 23.8. The first-order chi connectivity index (χ1) is 15.8. The van der Waals surface area contributed by atoms with Gasteiger partial charge >= 0.3 is 6.61 Å². The van der Waals surface area contributed by atoms with Crippen molar-refractivity contribution in [2.24, 2.45) is 0 Å². The van der Waals surface area contributed by atoms with E-state index in [9.17, 15) is 22.0 Å². The summed E-state index contributed by atoms with van der Waals surface area (Å²) in [6.45, 7) is 0.326. The zero-order valence-corrected chi connectivity index (χ0v) is 19.0. The number of amides is 1. The normalized spacial score (nSPS) is 14.7. The third kappa shape index (κ3) is 6.75. The van der Waals surface area contributed by atoms with E-state index in [0.717, 1.165) is 18.4 Å². The fourth-order valence-electron chi connectivity index (χ4n) is 3.37. The molecule has 2 aromatic rings. The van der Waals surface area contributed by atoms with Crippen LogP contribution in [0.1, 0.15) is 30.9 Å². The number of ether oxygens (including phenoxy) is 2. The SMILES string of the molecule is CCOc1cc(/C=C/C(=O)NCc2ccc(S(=O)(=O)N3CCCC3)cc2)ccc1OC(F)F. The summed E-state index contributed by atoms with van der Waals surface area (Å²) in [7, 11) is -3.47. The number of halogens is 2. The van der Waals surface area contributed by atoms with Crippen molar-refractivity contribution in [3.8, 4) is 11.5 Å². The van der Waals surface area contributed by atoms with Crippen LogP contribution in [0.25, 0.3) is 6.08 Å². The first kappa shape index (κ1) is 24.7.